The molecule has 0 aliphatic heterocycles. The number of ether oxygens (including phenoxy) is 1. The summed E-state index contributed by atoms with van der Waals surface area (Å²) in [6.45, 7) is 1.71. The number of quaternary nitrogens is 1. The van der Waals surface area contributed by atoms with Gasteiger partial charge in [0.15, 0.2) is 0 Å². The topological polar surface area (TPSA) is 105 Å². The lowest BCUT2D eigenvalue weighted by Crippen LogP contribution is -2.37. The molecule has 0 bridgehead atoms. The number of phosphoric acid groups is 1. The summed E-state index contributed by atoms with van der Waals surface area (Å²) in [5.74, 6) is -0.430. The molecule has 2 atom stereocenters. The monoisotopic (exact) mass is 487 g/mol. The maximum Gasteiger partial charge on any atom is 0.305 e. The highest BCUT2D eigenvalue weighted by Crippen LogP contribution is 2.38. The second-order valence-corrected chi connectivity index (χ2v) is 9.97. The highest BCUT2D eigenvalue weighted by molar-refractivity contribution is 7.45. The van der Waals surface area contributed by atoms with Crippen LogP contribution in [-0.2, 0) is 23.1 Å². The molecule has 0 aromatic carbocycles. The van der Waals surface area contributed by atoms with Crippen LogP contribution >= 0.6 is 7.82 Å². The van der Waals surface area contributed by atoms with Crippen LogP contribution in [0.3, 0.4) is 0 Å². The van der Waals surface area contributed by atoms with Crippen molar-refractivity contribution in [3.63, 3.8) is 0 Å². The van der Waals surface area contributed by atoms with Crippen LogP contribution in [0.5, 0.6) is 0 Å². The molecule has 2 unspecified atom stereocenters. The fourth-order valence-electron chi connectivity index (χ4n) is 2.30. The minimum Gasteiger partial charge on any atom is -0.756 e. The molecule has 8 nitrogen and oxygen atoms in total. The Hall–Kier alpha value is -1.54. The molecule has 0 saturated carbocycles. The summed E-state index contributed by atoms with van der Waals surface area (Å²) in [5.41, 5.74) is 0. The molecule has 0 aromatic rings. The van der Waals surface area contributed by atoms with Crippen LogP contribution in [0.25, 0.3) is 0 Å². The Labute approximate surface area is 199 Å². The van der Waals surface area contributed by atoms with Crippen LogP contribution in [0.1, 0.15) is 45.4 Å². The molecule has 0 saturated heterocycles. The van der Waals surface area contributed by atoms with Crippen LogP contribution in [0.4, 0.5) is 0 Å². The maximum atomic E-state index is 11.7. The number of phosphoric ester groups is 1. The van der Waals surface area contributed by atoms with Gasteiger partial charge in [0.1, 0.15) is 25.9 Å². The molecule has 0 aliphatic rings. The van der Waals surface area contributed by atoms with E-state index in [0.29, 0.717) is 17.4 Å². The Morgan fingerprint density at radius 3 is 2.24 bits per heavy atom. The first-order valence-corrected chi connectivity index (χ1v) is 12.9. The first-order valence-electron chi connectivity index (χ1n) is 11.4. The maximum absolute atomic E-state index is 11.7. The summed E-state index contributed by atoms with van der Waals surface area (Å²) in [5, 5.41) is 9.76. The number of carbonyl (C=O) groups excluding carboxylic acids is 1. The third kappa shape index (κ3) is 23.4. The van der Waals surface area contributed by atoms with E-state index < -0.39 is 26.5 Å². The summed E-state index contributed by atoms with van der Waals surface area (Å²) in [7, 11) is 1.21. The van der Waals surface area contributed by atoms with Crippen molar-refractivity contribution >= 4 is 13.8 Å². The van der Waals surface area contributed by atoms with E-state index in [1.54, 1.807) is 0 Å². The van der Waals surface area contributed by atoms with Crippen LogP contribution in [0.2, 0.25) is 0 Å². The number of hydrogen-bond acceptors (Lipinski definition) is 7. The smallest absolute Gasteiger partial charge is 0.305 e. The quantitative estimate of drug-likeness (QED) is 0.0974. The first kappa shape index (κ1) is 31.5. The van der Waals surface area contributed by atoms with Crippen molar-refractivity contribution in [1.29, 1.82) is 0 Å². The molecule has 0 aliphatic carbocycles. The number of allylic oxidation sites excluding steroid dienone is 8. The van der Waals surface area contributed by atoms with Gasteiger partial charge in [0, 0.05) is 6.42 Å². The molecule has 0 rings (SSSR count). The lowest BCUT2D eigenvalue weighted by Gasteiger charge is -2.27. The molecule has 0 radical (unpaired) electrons. The number of hydrogen-bond donors (Lipinski definition) is 1. The standard InChI is InChI=1S/C24H42NO7P/c1-5-6-7-8-9-10-11-12-13-14-15-16-17-18-24(27)30-21-23(26)22-32-33(28,29)31-20-19-25(2,3)4/h6-13,23,26H,5,14-22H2,1-4H3/b7-6+,9-8+,11-10+,13-12+. The summed E-state index contributed by atoms with van der Waals surface area (Å²) in [6.07, 6.45) is 19.6. The zero-order chi connectivity index (χ0) is 25.0. The van der Waals surface area contributed by atoms with Crippen molar-refractivity contribution in [3.05, 3.63) is 48.6 Å². The molecular weight excluding hydrogens is 445 g/mol. The summed E-state index contributed by atoms with van der Waals surface area (Å²) >= 11 is 0. The first-order chi connectivity index (χ1) is 15.6. The molecular formula is C24H42NO7P. The van der Waals surface area contributed by atoms with E-state index in [-0.39, 0.29) is 19.6 Å². The zero-order valence-corrected chi connectivity index (χ0v) is 21.5. The fraction of sp³-hybridized carbons (Fsp3) is 0.625. The number of aliphatic hydroxyl groups is 1. The van der Waals surface area contributed by atoms with Crippen molar-refractivity contribution in [2.75, 3.05) is 47.5 Å². The van der Waals surface area contributed by atoms with E-state index in [1.165, 1.54) is 0 Å². The highest BCUT2D eigenvalue weighted by Gasteiger charge is 2.16. The van der Waals surface area contributed by atoms with Crippen molar-refractivity contribution in [2.24, 2.45) is 0 Å². The second kappa shape index (κ2) is 18.8. The number of esters is 1. The Kier molecular flexibility index (Phi) is 18.0. The third-order valence-corrected chi connectivity index (χ3v) is 5.15. The minimum absolute atomic E-state index is 0.0177. The number of carbonyl (C=O) groups is 1. The number of aliphatic hydroxyl groups excluding tert-OH is 1. The van der Waals surface area contributed by atoms with Crippen molar-refractivity contribution in [2.45, 2.75) is 51.6 Å². The predicted octanol–water partition coefficient (Wildman–Crippen LogP) is 3.68. The number of rotatable bonds is 19. The van der Waals surface area contributed by atoms with Crippen molar-refractivity contribution < 1.29 is 37.6 Å². The van der Waals surface area contributed by atoms with E-state index >= 15 is 0 Å². The van der Waals surface area contributed by atoms with E-state index in [2.05, 4.69) is 23.6 Å². The van der Waals surface area contributed by atoms with Gasteiger partial charge in [-0.3, -0.25) is 9.36 Å². The average Bonchev–Trinajstić information content (AvgIpc) is 2.73. The number of likely N-dealkylation sites (N-methyl/N-ethyl adjacent to an activating group) is 1. The second-order valence-electron chi connectivity index (χ2n) is 8.56. The minimum atomic E-state index is -4.50. The molecule has 0 heterocycles. The third-order valence-electron chi connectivity index (χ3n) is 4.19. The normalized spacial score (nSPS) is 15.7. The van der Waals surface area contributed by atoms with Gasteiger partial charge >= 0.3 is 5.97 Å². The summed E-state index contributed by atoms with van der Waals surface area (Å²) in [6, 6.07) is 0. The number of nitrogens with zero attached hydrogens (tertiary/aromatic N) is 1. The van der Waals surface area contributed by atoms with Crippen LogP contribution in [0, 0.1) is 0 Å². The van der Waals surface area contributed by atoms with Crippen LogP contribution < -0.4 is 4.89 Å². The Balaban J connectivity index is 3.79. The van der Waals surface area contributed by atoms with Gasteiger partial charge in [0.05, 0.1) is 27.7 Å². The van der Waals surface area contributed by atoms with Gasteiger partial charge in [-0.25, -0.2) is 0 Å². The molecule has 0 spiro atoms. The molecule has 0 aromatic heterocycles. The van der Waals surface area contributed by atoms with Gasteiger partial charge in [-0.1, -0.05) is 62.0 Å². The van der Waals surface area contributed by atoms with Crippen LogP contribution in [-0.4, -0.2) is 69.2 Å². The Bertz CT molecular complexity index is 681. The van der Waals surface area contributed by atoms with E-state index in [9.17, 15) is 19.4 Å². The molecule has 9 heteroatoms. The van der Waals surface area contributed by atoms with E-state index in [4.69, 9.17) is 9.26 Å². The molecule has 33 heavy (non-hydrogen) atoms. The Morgan fingerprint density at radius 1 is 0.970 bits per heavy atom. The van der Waals surface area contributed by atoms with Gasteiger partial charge in [-0.15, -0.1) is 0 Å². The Morgan fingerprint density at radius 2 is 1.61 bits per heavy atom. The lowest BCUT2D eigenvalue weighted by atomic mass is 10.1. The molecule has 0 amide bonds. The van der Waals surface area contributed by atoms with Gasteiger partial charge in [0.25, 0.3) is 7.82 Å². The molecule has 190 valence electrons. The average molecular weight is 488 g/mol. The number of unbranched alkanes of at least 4 members (excludes halogenated alkanes) is 3. The molecule has 1 N–H and O–H groups in total. The van der Waals surface area contributed by atoms with Crippen LogP contribution in [0.15, 0.2) is 48.6 Å². The lowest BCUT2D eigenvalue weighted by molar-refractivity contribution is -0.870. The van der Waals surface area contributed by atoms with Crippen molar-refractivity contribution in [1.82, 2.24) is 0 Å². The molecule has 0 fully saturated rings. The van der Waals surface area contributed by atoms with E-state index in [0.717, 1.165) is 25.7 Å². The fourth-order valence-corrected chi connectivity index (χ4v) is 3.04. The SMILES string of the molecule is CC/C=C/C=C/C=C/C=C/CCCCCC(=O)OCC(O)COP(=O)([O-])OCC[N+](C)(C)C. The van der Waals surface area contributed by atoms with Gasteiger partial charge < -0.3 is 28.3 Å². The van der Waals surface area contributed by atoms with Gasteiger partial charge in [-0.05, 0) is 25.7 Å². The van der Waals surface area contributed by atoms with Gasteiger partial charge in [-0.2, -0.15) is 0 Å². The highest BCUT2D eigenvalue weighted by atomic mass is 31.2. The van der Waals surface area contributed by atoms with E-state index in [1.807, 2.05) is 57.6 Å². The summed E-state index contributed by atoms with van der Waals surface area (Å²) < 4.78 is 26.5. The van der Waals surface area contributed by atoms with Crippen molar-refractivity contribution in [3.8, 4) is 0 Å². The summed E-state index contributed by atoms with van der Waals surface area (Å²) in [4.78, 5) is 23.4. The largest absolute Gasteiger partial charge is 0.756 e. The van der Waals surface area contributed by atoms with Gasteiger partial charge in [0.2, 0.25) is 0 Å². The zero-order valence-electron chi connectivity index (χ0n) is 20.6. The predicted molar refractivity (Wildman–Crippen MR) is 129 cm³/mol.